The van der Waals surface area contributed by atoms with Gasteiger partial charge in [0.2, 0.25) is 0 Å². The number of amides is 1. The zero-order valence-electron chi connectivity index (χ0n) is 15.4. The van der Waals surface area contributed by atoms with E-state index in [0.29, 0.717) is 23.6 Å². The number of esters is 1. The lowest BCUT2D eigenvalue weighted by atomic mass is 10.2. The zero-order chi connectivity index (χ0) is 19.5. The first-order valence-electron chi connectivity index (χ1n) is 9.04. The molecule has 0 unspecified atom stereocenters. The van der Waals surface area contributed by atoms with E-state index in [1.165, 1.54) is 0 Å². The number of nitrogens with one attached hydrogen (secondary N) is 1. The van der Waals surface area contributed by atoms with Crippen LogP contribution in [0.25, 0.3) is 0 Å². The van der Waals surface area contributed by atoms with Crippen molar-refractivity contribution in [2.75, 3.05) is 18.5 Å². The van der Waals surface area contributed by atoms with Crippen molar-refractivity contribution in [3.8, 4) is 5.75 Å². The van der Waals surface area contributed by atoms with Gasteiger partial charge in [0.25, 0.3) is 5.91 Å². The summed E-state index contributed by atoms with van der Waals surface area (Å²) >= 11 is 3.35. The lowest BCUT2D eigenvalue weighted by Gasteiger charge is -2.09. The quantitative estimate of drug-likeness (QED) is 0.412. The number of hydrogen-bond donors (Lipinski definition) is 1. The summed E-state index contributed by atoms with van der Waals surface area (Å²) in [6.07, 6.45) is 4.24. The van der Waals surface area contributed by atoms with Crippen LogP contribution in [0.1, 0.15) is 43.0 Å². The van der Waals surface area contributed by atoms with E-state index in [1.54, 1.807) is 36.4 Å². The Morgan fingerprint density at radius 2 is 1.81 bits per heavy atom. The first-order chi connectivity index (χ1) is 13.1. The third-order valence-electron chi connectivity index (χ3n) is 3.80. The molecule has 6 heteroatoms. The summed E-state index contributed by atoms with van der Waals surface area (Å²) in [4.78, 5) is 23.9. The van der Waals surface area contributed by atoms with Crippen LogP contribution >= 0.6 is 15.9 Å². The van der Waals surface area contributed by atoms with Gasteiger partial charge in [-0.2, -0.15) is 0 Å². The highest BCUT2D eigenvalue weighted by molar-refractivity contribution is 9.10. The monoisotopic (exact) mass is 433 g/mol. The standard InChI is InChI=1S/C21H24BrNO4/c1-2-3-4-5-13-26-21(25)16-9-11-18(12-10-16)23-20(24)15-27-19-8-6-7-17(22)14-19/h6-12,14H,2-5,13,15H2,1H3,(H,23,24). The average molecular weight is 434 g/mol. The molecule has 0 saturated heterocycles. The third-order valence-corrected chi connectivity index (χ3v) is 4.29. The molecule has 0 spiro atoms. The minimum Gasteiger partial charge on any atom is -0.484 e. The minimum atomic E-state index is -0.345. The minimum absolute atomic E-state index is 0.0992. The Bertz CT molecular complexity index is 746. The summed E-state index contributed by atoms with van der Waals surface area (Å²) in [6, 6.07) is 13.9. The molecule has 2 aromatic rings. The van der Waals surface area contributed by atoms with Gasteiger partial charge in [0.1, 0.15) is 5.75 Å². The molecule has 0 fully saturated rings. The van der Waals surface area contributed by atoms with Crippen LogP contribution in [-0.2, 0) is 9.53 Å². The number of unbranched alkanes of at least 4 members (excludes halogenated alkanes) is 3. The molecule has 5 nitrogen and oxygen atoms in total. The highest BCUT2D eigenvalue weighted by atomic mass is 79.9. The van der Waals surface area contributed by atoms with E-state index in [2.05, 4.69) is 28.2 Å². The largest absolute Gasteiger partial charge is 0.484 e. The molecule has 0 aliphatic carbocycles. The number of halogens is 1. The van der Waals surface area contributed by atoms with Gasteiger partial charge in [0.05, 0.1) is 12.2 Å². The molecule has 0 aliphatic heterocycles. The number of benzene rings is 2. The first-order valence-corrected chi connectivity index (χ1v) is 9.83. The molecule has 0 heterocycles. The Balaban J connectivity index is 1.75. The van der Waals surface area contributed by atoms with E-state index in [9.17, 15) is 9.59 Å². The van der Waals surface area contributed by atoms with E-state index in [1.807, 2.05) is 12.1 Å². The fourth-order valence-corrected chi connectivity index (χ4v) is 2.75. The molecule has 0 saturated carbocycles. The van der Waals surface area contributed by atoms with Crippen LogP contribution in [0.5, 0.6) is 5.75 Å². The number of rotatable bonds is 10. The van der Waals surface area contributed by atoms with Crippen molar-refractivity contribution >= 4 is 33.5 Å². The van der Waals surface area contributed by atoms with Gasteiger partial charge < -0.3 is 14.8 Å². The molecule has 144 valence electrons. The molecule has 0 bridgehead atoms. The molecule has 0 aromatic heterocycles. The molecule has 2 aromatic carbocycles. The Morgan fingerprint density at radius 3 is 2.52 bits per heavy atom. The van der Waals surface area contributed by atoms with Crippen molar-refractivity contribution in [1.82, 2.24) is 0 Å². The normalized spacial score (nSPS) is 10.3. The molecule has 0 radical (unpaired) electrons. The fourth-order valence-electron chi connectivity index (χ4n) is 2.37. The predicted octanol–water partition coefficient (Wildman–Crippen LogP) is 5.20. The van der Waals surface area contributed by atoms with Gasteiger partial charge in [-0.05, 0) is 48.9 Å². The molecular weight excluding hydrogens is 410 g/mol. The van der Waals surface area contributed by atoms with E-state index in [-0.39, 0.29) is 18.5 Å². The van der Waals surface area contributed by atoms with Crippen molar-refractivity contribution in [2.45, 2.75) is 32.6 Å². The summed E-state index contributed by atoms with van der Waals surface area (Å²) < 4.78 is 11.6. The number of carbonyl (C=O) groups excluding carboxylic acids is 2. The Morgan fingerprint density at radius 1 is 1.04 bits per heavy atom. The maximum Gasteiger partial charge on any atom is 0.338 e. The van der Waals surface area contributed by atoms with Crippen molar-refractivity contribution in [2.24, 2.45) is 0 Å². The maximum atomic E-state index is 12.0. The summed E-state index contributed by atoms with van der Waals surface area (Å²) in [5.74, 6) is -0.0138. The van der Waals surface area contributed by atoms with Gasteiger partial charge >= 0.3 is 5.97 Å². The number of hydrogen-bond acceptors (Lipinski definition) is 4. The lowest BCUT2D eigenvalue weighted by molar-refractivity contribution is -0.118. The number of anilines is 1. The van der Waals surface area contributed by atoms with Gasteiger partial charge in [0, 0.05) is 10.2 Å². The average Bonchev–Trinajstić information content (AvgIpc) is 2.67. The number of ether oxygens (including phenoxy) is 2. The zero-order valence-corrected chi connectivity index (χ0v) is 17.0. The van der Waals surface area contributed by atoms with Crippen molar-refractivity contribution in [3.05, 3.63) is 58.6 Å². The summed E-state index contributed by atoms with van der Waals surface area (Å²) in [5.41, 5.74) is 1.06. The highest BCUT2D eigenvalue weighted by Crippen LogP contribution is 2.18. The van der Waals surface area contributed by atoms with Crippen LogP contribution in [0.3, 0.4) is 0 Å². The van der Waals surface area contributed by atoms with E-state index in [4.69, 9.17) is 9.47 Å². The van der Waals surface area contributed by atoms with Crippen LogP contribution in [0, 0.1) is 0 Å². The molecule has 0 aliphatic rings. The van der Waals surface area contributed by atoms with Crippen molar-refractivity contribution in [1.29, 1.82) is 0 Å². The Labute approximate surface area is 168 Å². The second kappa shape index (κ2) is 11.4. The molecule has 27 heavy (non-hydrogen) atoms. The van der Waals surface area contributed by atoms with Gasteiger partial charge in [0.15, 0.2) is 6.61 Å². The van der Waals surface area contributed by atoms with Gasteiger partial charge in [-0.1, -0.05) is 48.2 Å². The fraction of sp³-hybridized carbons (Fsp3) is 0.333. The second-order valence-corrected chi connectivity index (χ2v) is 6.98. The van der Waals surface area contributed by atoms with Crippen molar-refractivity contribution in [3.63, 3.8) is 0 Å². The molecule has 0 atom stereocenters. The summed E-state index contributed by atoms with van der Waals surface area (Å²) in [5, 5.41) is 2.73. The van der Waals surface area contributed by atoms with Crippen molar-refractivity contribution < 1.29 is 19.1 Å². The van der Waals surface area contributed by atoms with Crippen LogP contribution in [-0.4, -0.2) is 25.1 Å². The van der Waals surface area contributed by atoms with Crippen LogP contribution in [0.4, 0.5) is 5.69 Å². The Kier molecular flexibility index (Phi) is 8.84. The third kappa shape index (κ3) is 7.83. The lowest BCUT2D eigenvalue weighted by Crippen LogP contribution is -2.20. The van der Waals surface area contributed by atoms with Crippen LogP contribution in [0.2, 0.25) is 0 Å². The highest BCUT2D eigenvalue weighted by Gasteiger charge is 2.08. The van der Waals surface area contributed by atoms with E-state index < -0.39 is 0 Å². The second-order valence-electron chi connectivity index (χ2n) is 6.07. The Hall–Kier alpha value is -2.34. The van der Waals surface area contributed by atoms with E-state index >= 15 is 0 Å². The maximum absolute atomic E-state index is 12.0. The molecule has 1 N–H and O–H groups in total. The SMILES string of the molecule is CCCCCCOC(=O)c1ccc(NC(=O)COc2cccc(Br)c2)cc1. The predicted molar refractivity (Wildman–Crippen MR) is 109 cm³/mol. The van der Waals surface area contributed by atoms with Gasteiger partial charge in [-0.3, -0.25) is 4.79 Å². The summed E-state index contributed by atoms with van der Waals surface area (Å²) in [7, 11) is 0. The van der Waals surface area contributed by atoms with Crippen LogP contribution < -0.4 is 10.1 Å². The van der Waals surface area contributed by atoms with Gasteiger partial charge in [-0.25, -0.2) is 4.79 Å². The molecule has 1 amide bonds. The molecular formula is C21H24BrNO4. The van der Waals surface area contributed by atoms with Crippen LogP contribution in [0.15, 0.2) is 53.0 Å². The van der Waals surface area contributed by atoms with Gasteiger partial charge in [-0.15, -0.1) is 0 Å². The topological polar surface area (TPSA) is 64.6 Å². The first kappa shape index (κ1) is 21.0. The molecule has 2 rings (SSSR count). The smallest absolute Gasteiger partial charge is 0.338 e. The number of carbonyl (C=O) groups is 2. The van der Waals surface area contributed by atoms with E-state index in [0.717, 1.165) is 30.2 Å². The summed E-state index contributed by atoms with van der Waals surface area (Å²) in [6.45, 7) is 2.47.